The number of guanidine groups is 1. The fourth-order valence-electron chi connectivity index (χ4n) is 6.68. The molecule has 0 saturated carbocycles. The summed E-state index contributed by atoms with van der Waals surface area (Å²) in [7, 11) is 0. The van der Waals surface area contributed by atoms with Crippen LogP contribution in [0.4, 0.5) is 0 Å². The van der Waals surface area contributed by atoms with E-state index in [9.17, 15) is 4.79 Å². The molecule has 1 amide bonds. The van der Waals surface area contributed by atoms with Crippen LogP contribution in [0.25, 0.3) is 0 Å². The lowest BCUT2D eigenvalue weighted by molar-refractivity contribution is -0.123. The molecular formula is C43H89N5O3. The maximum Gasteiger partial charge on any atom is 0.239 e. The van der Waals surface area contributed by atoms with Crippen molar-refractivity contribution < 1.29 is 14.3 Å². The first-order chi connectivity index (χ1) is 25.0. The van der Waals surface area contributed by atoms with Crippen LogP contribution in [0.15, 0.2) is 4.99 Å². The van der Waals surface area contributed by atoms with Crippen molar-refractivity contribution in [3.8, 4) is 0 Å². The van der Waals surface area contributed by atoms with Crippen LogP contribution in [0.1, 0.15) is 219 Å². The molecule has 304 valence electrons. The van der Waals surface area contributed by atoms with E-state index in [1.807, 2.05) is 0 Å². The zero-order chi connectivity index (χ0) is 37.3. The number of amides is 1. The molecule has 0 aliphatic rings. The van der Waals surface area contributed by atoms with E-state index in [0.29, 0.717) is 26.4 Å². The summed E-state index contributed by atoms with van der Waals surface area (Å²) in [6, 6.07) is -1.06. The standard InChI is InChI=1S/C43H89N5O3/c1-3-5-7-9-11-13-15-17-19-21-23-25-27-29-31-33-35-50-38-40(48-42(49)41(44)37-47-43(45)46)39-51-36-34-32-30-28-26-24-22-20-18-16-14-12-10-8-6-4-2/h40-41H,3-39,44H2,1-2H3,(H,48,49)(H4,45,46,47). The third kappa shape index (κ3) is 39.7. The van der Waals surface area contributed by atoms with Gasteiger partial charge < -0.3 is 32.0 Å². The number of nitrogens with two attached hydrogens (primary N) is 3. The number of carbonyl (C=O) groups excluding carboxylic acids is 1. The van der Waals surface area contributed by atoms with Crippen molar-refractivity contribution in [1.82, 2.24) is 5.32 Å². The molecule has 8 heteroatoms. The van der Waals surface area contributed by atoms with Gasteiger partial charge in [-0.1, -0.05) is 206 Å². The van der Waals surface area contributed by atoms with E-state index in [0.717, 1.165) is 12.8 Å². The van der Waals surface area contributed by atoms with E-state index in [4.69, 9.17) is 26.7 Å². The highest BCUT2D eigenvalue weighted by Crippen LogP contribution is 2.15. The number of carbonyl (C=O) groups is 1. The molecule has 0 bridgehead atoms. The summed E-state index contributed by atoms with van der Waals surface area (Å²) in [5.41, 5.74) is 16.8. The van der Waals surface area contributed by atoms with Gasteiger partial charge in [0.15, 0.2) is 5.96 Å². The lowest BCUT2D eigenvalue weighted by Gasteiger charge is -2.21. The largest absolute Gasteiger partial charge is 0.379 e. The Balaban J connectivity index is 3.93. The van der Waals surface area contributed by atoms with Gasteiger partial charge in [-0.3, -0.25) is 9.79 Å². The number of nitrogens with zero attached hydrogens (tertiary/aromatic N) is 1. The Morgan fingerprint density at radius 3 is 1.04 bits per heavy atom. The summed E-state index contributed by atoms with van der Waals surface area (Å²) in [4.78, 5) is 16.5. The molecule has 0 rings (SSSR count). The number of hydrogen-bond acceptors (Lipinski definition) is 5. The highest BCUT2D eigenvalue weighted by Gasteiger charge is 2.18. The second-order valence-electron chi connectivity index (χ2n) is 15.3. The van der Waals surface area contributed by atoms with Crippen molar-refractivity contribution in [2.75, 3.05) is 33.0 Å². The molecule has 0 fully saturated rings. The van der Waals surface area contributed by atoms with Crippen LogP contribution in [0.3, 0.4) is 0 Å². The first-order valence-corrected chi connectivity index (χ1v) is 22.3. The minimum atomic E-state index is -0.810. The Morgan fingerprint density at radius 2 is 0.765 bits per heavy atom. The smallest absolute Gasteiger partial charge is 0.239 e. The Hall–Kier alpha value is -1.38. The van der Waals surface area contributed by atoms with Gasteiger partial charge in [0.25, 0.3) is 0 Å². The lowest BCUT2D eigenvalue weighted by atomic mass is 10.0. The summed E-state index contributed by atoms with van der Waals surface area (Å²) in [6.45, 7) is 6.85. The van der Waals surface area contributed by atoms with Gasteiger partial charge in [0.05, 0.1) is 25.8 Å². The fraction of sp³-hybridized carbons (Fsp3) is 0.953. The maximum atomic E-state index is 12.7. The van der Waals surface area contributed by atoms with Crippen molar-refractivity contribution in [3.05, 3.63) is 0 Å². The van der Waals surface area contributed by atoms with Gasteiger partial charge in [-0.2, -0.15) is 0 Å². The Bertz CT molecular complexity index is 694. The molecule has 0 heterocycles. The van der Waals surface area contributed by atoms with Gasteiger partial charge in [0.1, 0.15) is 6.04 Å². The molecule has 0 spiro atoms. The quantitative estimate of drug-likeness (QED) is 0.0281. The fourth-order valence-corrected chi connectivity index (χ4v) is 6.68. The van der Waals surface area contributed by atoms with Crippen molar-refractivity contribution in [2.45, 2.75) is 231 Å². The molecule has 0 radical (unpaired) electrons. The monoisotopic (exact) mass is 724 g/mol. The molecule has 7 N–H and O–H groups in total. The number of unbranched alkanes of at least 4 members (excludes halogenated alkanes) is 30. The number of hydrogen-bond donors (Lipinski definition) is 4. The van der Waals surface area contributed by atoms with Crippen molar-refractivity contribution in [3.63, 3.8) is 0 Å². The van der Waals surface area contributed by atoms with Gasteiger partial charge in [-0.15, -0.1) is 0 Å². The molecule has 0 aromatic heterocycles. The zero-order valence-electron chi connectivity index (χ0n) is 34.2. The topological polar surface area (TPSA) is 138 Å². The van der Waals surface area contributed by atoms with E-state index in [2.05, 4.69) is 24.2 Å². The zero-order valence-corrected chi connectivity index (χ0v) is 34.2. The first kappa shape index (κ1) is 49.6. The molecule has 0 aromatic rings. The lowest BCUT2D eigenvalue weighted by Crippen LogP contribution is -2.50. The van der Waals surface area contributed by atoms with Crippen molar-refractivity contribution in [2.24, 2.45) is 22.2 Å². The van der Waals surface area contributed by atoms with Crippen molar-refractivity contribution >= 4 is 11.9 Å². The van der Waals surface area contributed by atoms with Crippen molar-refractivity contribution in [1.29, 1.82) is 0 Å². The molecule has 0 aromatic carbocycles. The summed E-state index contributed by atoms with van der Waals surface area (Å²) < 4.78 is 12.0. The molecular weight excluding hydrogens is 635 g/mol. The van der Waals surface area contributed by atoms with Gasteiger partial charge in [-0.05, 0) is 12.8 Å². The second kappa shape index (κ2) is 41.4. The number of rotatable bonds is 42. The third-order valence-corrected chi connectivity index (χ3v) is 10.1. The van der Waals surface area contributed by atoms with Crippen LogP contribution in [0.2, 0.25) is 0 Å². The van der Waals surface area contributed by atoms with Gasteiger partial charge >= 0.3 is 0 Å². The van der Waals surface area contributed by atoms with E-state index in [1.165, 1.54) is 193 Å². The normalized spacial score (nSPS) is 12.1. The number of aliphatic imine (C=N–C) groups is 1. The van der Waals surface area contributed by atoms with Gasteiger partial charge in [0, 0.05) is 13.2 Å². The van der Waals surface area contributed by atoms with Gasteiger partial charge in [-0.25, -0.2) is 0 Å². The predicted octanol–water partition coefficient (Wildman–Crippen LogP) is 10.6. The summed E-state index contributed by atoms with van der Waals surface area (Å²) in [5, 5.41) is 2.99. The SMILES string of the molecule is CCCCCCCCCCCCCCCCCCOCC(COCCCCCCCCCCCCCCCCCC)NC(=O)C(N)CN=C(N)N. The third-order valence-electron chi connectivity index (χ3n) is 10.1. The summed E-state index contributed by atoms with van der Waals surface area (Å²) >= 11 is 0. The highest BCUT2D eigenvalue weighted by molar-refractivity contribution is 5.83. The summed E-state index contributed by atoms with van der Waals surface area (Å²) in [6.07, 6.45) is 43.3. The summed E-state index contributed by atoms with van der Waals surface area (Å²) in [5.74, 6) is -0.360. The van der Waals surface area contributed by atoms with Gasteiger partial charge in [0.2, 0.25) is 5.91 Å². The average Bonchev–Trinajstić information content (AvgIpc) is 3.12. The molecule has 1 atom stereocenters. The molecule has 8 nitrogen and oxygen atoms in total. The first-order valence-electron chi connectivity index (χ1n) is 22.3. The van der Waals surface area contributed by atoms with E-state index in [-0.39, 0.29) is 24.5 Å². The molecule has 0 saturated heterocycles. The van der Waals surface area contributed by atoms with E-state index >= 15 is 0 Å². The Kier molecular flexibility index (Phi) is 40.3. The molecule has 0 aliphatic heterocycles. The van der Waals surface area contributed by atoms with Crippen LogP contribution in [0.5, 0.6) is 0 Å². The highest BCUT2D eigenvalue weighted by atomic mass is 16.5. The molecule has 0 aliphatic carbocycles. The van der Waals surface area contributed by atoms with Crippen LogP contribution in [-0.4, -0.2) is 56.9 Å². The van der Waals surface area contributed by atoms with E-state index in [1.54, 1.807) is 0 Å². The predicted molar refractivity (Wildman–Crippen MR) is 221 cm³/mol. The average molecular weight is 724 g/mol. The van der Waals surface area contributed by atoms with Crippen LogP contribution >= 0.6 is 0 Å². The number of nitrogens with one attached hydrogen (secondary N) is 1. The minimum absolute atomic E-state index is 0.0565. The molecule has 51 heavy (non-hydrogen) atoms. The number of ether oxygens (including phenoxy) is 2. The van der Waals surface area contributed by atoms with Crippen LogP contribution in [-0.2, 0) is 14.3 Å². The minimum Gasteiger partial charge on any atom is -0.379 e. The molecule has 1 unspecified atom stereocenters. The van der Waals surface area contributed by atoms with Crippen LogP contribution < -0.4 is 22.5 Å². The Labute approximate surface area is 317 Å². The van der Waals surface area contributed by atoms with Crippen LogP contribution in [0, 0.1) is 0 Å². The second-order valence-corrected chi connectivity index (χ2v) is 15.3. The van der Waals surface area contributed by atoms with E-state index < -0.39 is 6.04 Å². The Morgan fingerprint density at radius 1 is 0.490 bits per heavy atom. The maximum absolute atomic E-state index is 12.7.